The number of ether oxygens (including phenoxy) is 3. The van der Waals surface area contributed by atoms with Crippen molar-refractivity contribution >= 4 is 0 Å². The number of benzene rings is 2. The van der Waals surface area contributed by atoms with Crippen molar-refractivity contribution < 1.29 is 44.8 Å². The maximum absolute atomic E-state index is 10.4. The Balaban J connectivity index is 1.57. The Labute approximate surface area is 166 Å². The highest BCUT2D eigenvalue weighted by Crippen LogP contribution is 2.43. The lowest BCUT2D eigenvalue weighted by Gasteiger charge is -2.32. The molecule has 156 valence electrons. The maximum Gasteiger partial charge on any atom is 0.229 e. The number of rotatable bonds is 4. The van der Waals surface area contributed by atoms with Gasteiger partial charge in [-0.3, -0.25) is 0 Å². The summed E-state index contributed by atoms with van der Waals surface area (Å²) in [6.07, 6.45) is -4.22. The number of aliphatic hydroxyl groups excluding tert-OH is 3. The van der Waals surface area contributed by atoms with Crippen LogP contribution in [0.2, 0.25) is 0 Å². The molecule has 9 nitrogen and oxygen atoms in total. The monoisotopic (exact) mass is 406 g/mol. The molecule has 0 radical (unpaired) electrons. The van der Waals surface area contributed by atoms with E-state index in [4.69, 9.17) is 14.2 Å². The molecule has 29 heavy (non-hydrogen) atoms. The lowest BCUT2D eigenvalue weighted by Crippen LogP contribution is -2.48. The van der Waals surface area contributed by atoms with Crippen molar-refractivity contribution in [3.05, 3.63) is 47.5 Å². The van der Waals surface area contributed by atoms with E-state index in [1.165, 1.54) is 24.3 Å². The fourth-order valence-electron chi connectivity index (χ4n) is 3.50. The Hall–Kier alpha value is -2.56. The quantitative estimate of drug-likeness (QED) is 0.411. The lowest BCUT2D eigenvalue weighted by molar-refractivity contribution is -0.115. The van der Waals surface area contributed by atoms with Crippen LogP contribution in [0.3, 0.4) is 0 Å². The summed E-state index contributed by atoms with van der Waals surface area (Å²) in [4.78, 5) is 0. The van der Waals surface area contributed by atoms with Crippen molar-refractivity contribution in [2.75, 3.05) is 13.2 Å². The molecule has 1 saturated heterocycles. The molecule has 6 N–H and O–H groups in total. The van der Waals surface area contributed by atoms with E-state index >= 15 is 0 Å². The summed E-state index contributed by atoms with van der Waals surface area (Å²) < 4.78 is 16.6. The number of hydrogen-bond acceptors (Lipinski definition) is 9. The van der Waals surface area contributed by atoms with E-state index in [9.17, 15) is 30.6 Å². The first-order chi connectivity index (χ1) is 13.8. The van der Waals surface area contributed by atoms with Crippen LogP contribution in [0.1, 0.15) is 17.2 Å². The zero-order chi connectivity index (χ0) is 20.8. The minimum atomic E-state index is -1.83. The number of aliphatic hydroxyl groups is 4. The SMILES string of the molecule is OC[C@]1(O)CO[C@@H](Oc2cc(O)c3c(c2)O[C@H](c2ccc(O)cc2)[C@@H](O)C3)[C@H]1O. The average Bonchev–Trinajstić information content (AvgIpc) is 2.98. The van der Waals surface area contributed by atoms with Crippen molar-refractivity contribution in [1.29, 1.82) is 0 Å². The summed E-state index contributed by atoms with van der Waals surface area (Å²) in [5.41, 5.74) is -0.778. The van der Waals surface area contributed by atoms with Crippen LogP contribution in [-0.2, 0) is 11.2 Å². The average molecular weight is 406 g/mol. The maximum atomic E-state index is 10.4. The highest BCUT2D eigenvalue weighted by molar-refractivity contribution is 5.52. The molecule has 9 heteroatoms. The van der Waals surface area contributed by atoms with Gasteiger partial charge in [-0.25, -0.2) is 0 Å². The second-order valence-electron chi connectivity index (χ2n) is 7.32. The topological polar surface area (TPSA) is 149 Å². The number of fused-ring (bicyclic) bond motifs is 1. The van der Waals surface area contributed by atoms with Crippen LogP contribution in [0.25, 0.3) is 0 Å². The first-order valence-corrected chi connectivity index (χ1v) is 9.10. The molecule has 2 heterocycles. The van der Waals surface area contributed by atoms with Gasteiger partial charge in [-0.15, -0.1) is 0 Å². The van der Waals surface area contributed by atoms with Crippen LogP contribution in [0.15, 0.2) is 36.4 Å². The molecule has 2 aliphatic heterocycles. The van der Waals surface area contributed by atoms with Crippen molar-refractivity contribution in [2.24, 2.45) is 0 Å². The van der Waals surface area contributed by atoms with Gasteiger partial charge in [0.1, 0.15) is 40.8 Å². The van der Waals surface area contributed by atoms with Gasteiger partial charge < -0.3 is 44.8 Å². The highest BCUT2D eigenvalue weighted by Gasteiger charge is 2.49. The molecular formula is C20H22O9. The molecule has 0 unspecified atom stereocenters. The molecule has 0 spiro atoms. The second kappa shape index (κ2) is 7.36. The minimum Gasteiger partial charge on any atom is -0.508 e. The molecular weight excluding hydrogens is 384 g/mol. The number of phenols is 2. The summed E-state index contributed by atoms with van der Waals surface area (Å²) in [6, 6.07) is 9.01. The Bertz CT molecular complexity index is 884. The van der Waals surface area contributed by atoms with Crippen LogP contribution in [0.5, 0.6) is 23.0 Å². The van der Waals surface area contributed by atoms with E-state index < -0.39 is 36.8 Å². The van der Waals surface area contributed by atoms with Gasteiger partial charge in [0.15, 0.2) is 0 Å². The van der Waals surface area contributed by atoms with Crippen molar-refractivity contribution in [3.63, 3.8) is 0 Å². The Morgan fingerprint density at radius 2 is 1.83 bits per heavy atom. The minimum absolute atomic E-state index is 0.0886. The van der Waals surface area contributed by atoms with Crippen molar-refractivity contribution in [3.8, 4) is 23.0 Å². The molecule has 2 aromatic rings. The molecule has 0 amide bonds. The van der Waals surface area contributed by atoms with E-state index in [0.29, 0.717) is 11.1 Å². The molecule has 2 aromatic carbocycles. The summed E-state index contributed by atoms with van der Waals surface area (Å²) >= 11 is 0. The first kappa shape index (κ1) is 19.7. The predicted molar refractivity (Wildman–Crippen MR) is 97.7 cm³/mol. The van der Waals surface area contributed by atoms with Gasteiger partial charge in [0, 0.05) is 24.1 Å². The molecule has 1 fully saturated rings. The van der Waals surface area contributed by atoms with Crippen LogP contribution < -0.4 is 9.47 Å². The molecule has 0 saturated carbocycles. The van der Waals surface area contributed by atoms with Gasteiger partial charge in [0.25, 0.3) is 0 Å². The zero-order valence-electron chi connectivity index (χ0n) is 15.3. The van der Waals surface area contributed by atoms with Gasteiger partial charge in [0.2, 0.25) is 6.29 Å². The number of hydrogen-bond donors (Lipinski definition) is 6. The van der Waals surface area contributed by atoms with Crippen molar-refractivity contribution in [1.82, 2.24) is 0 Å². The van der Waals surface area contributed by atoms with E-state index in [1.807, 2.05) is 0 Å². The van der Waals surface area contributed by atoms with Crippen LogP contribution >= 0.6 is 0 Å². The summed E-state index contributed by atoms with van der Waals surface area (Å²) in [5.74, 6) is 0.331. The van der Waals surface area contributed by atoms with Gasteiger partial charge in [0.05, 0.1) is 19.3 Å². The molecule has 5 atom stereocenters. The van der Waals surface area contributed by atoms with E-state index in [0.717, 1.165) is 0 Å². The third-order valence-corrected chi connectivity index (χ3v) is 5.23. The molecule has 4 rings (SSSR count). The largest absolute Gasteiger partial charge is 0.508 e. The smallest absolute Gasteiger partial charge is 0.229 e. The Morgan fingerprint density at radius 3 is 2.48 bits per heavy atom. The van der Waals surface area contributed by atoms with Crippen LogP contribution in [0, 0.1) is 0 Å². The second-order valence-corrected chi connectivity index (χ2v) is 7.32. The normalized spacial score (nSPS) is 31.2. The third kappa shape index (κ3) is 3.59. The summed E-state index contributed by atoms with van der Waals surface area (Å²) in [6.45, 7) is -1.00. The van der Waals surface area contributed by atoms with E-state index in [2.05, 4.69) is 0 Å². The number of aromatic hydroxyl groups is 2. The number of phenolic OH excluding ortho intramolecular Hbond substituents is 2. The molecule has 0 aromatic heterocycles. The zero-order valence-corrected chi connectivity index (χ0v) is 15.3. The Morgan fingerprint density at radius 1 is 1.10 bits per heavy atom. The van der Waals surface area contributed by atoms with Gasteiger partial charge >= 0.3 is 0 Å². The fourth-order valence-corrected chi connectivity index (χ4v) is 3.50. The van der Waals surface area contributed by atoms with E-state index in [1.54, 1.807) is 12.1 Å². The highest BCUT2D eigenvalue weighted by atomic mass is 16.7. The Kier molecular flexibility index (Phi) is 5.01. The van der Waals surface area contributed by atoms with Crippen LogP contribution in [-0.4, -0.2) is 68.0 Å². The van der Waals surface area contributed by atoms with E-state index in [-0.39, 0.29) is 36.0 Å². The van der Waals surface area contributed by atoms with Crippen molar-refractivity contribution in [2.45, 2.75) is 36.6 Å². The standard InChI is InChI=1S/C20H22O9/c21-8-20(26)9-27-19(18(20)25)28-12-5-14(23)13-7-15(24)17(29-16(13)6-12)10-1-3-11(22)4-2-10/h1-6,15,17-19,21-26H,7-9H2/t15-,17+,18+,19-,20-/m0/s1. The van der Waals surface area contributed by atoms with Gasteiger partial charge in [-0.1, -0.05) is 12.1 Å². The molecule has 0 bridgehead atoms. The predicted octanol–water partition coefficient (Wildman–Crippen LogP) is -0.0457. The first-order valence-electron chi connectivity index (χ1n) is 9.10. The molecule has 0 aliphatic carbocycles. The summed E-state index contributed by atoms with van der Waals surface area (Å²) in [5, 5.41) is 59.6. The third-order valence-electron chi connectivity index (χ3n) is 5.23. The van der Waals surface area contributed by atoms with Crippen LogP contribution in [0.4, 0.5) is 0 Å². The lowest BCUT2D eigenvalue weighted by atomic mass is 9.94. The van der Waals surface area contributed by atoms with Gasteiger partial charge in [-0.05, 0) is 17.7 Å². The molecule has 2 aliphatic rings. The van der Waals surface area contributed by atoms with Gasteiger partial charge in [-0.2, -0.15) is 0 Å². The fraction of sp³-hybridized carbons (Fsp3) is 0.400. The summed E-state index contributed by atoms with van der Waals surface area (Å²) in [7, 11) is 0.